The molecule has 3 rings (SSSR count). The Kier molecular flexibility index (Phi) is 14.0. The second kappa shape index (κ2) is 13.6. The zero-order valence-corrected chi connectivity index (χ0v) is 18.4. The van der Waals surface area contributed by atoms with E-state index in [2.05, 4.69) is 19.6 Å². The van der Waals surface area contributed by atoms with Crippen molar-refractivity contribution in [3.8, 4) is 0 Å². The number of hydrogen-bond acceptors (Lipinski definition) is 2. The van der Waals surface area contributed by atoms with E-state index in [0.717, 1.165) is 0 Å². The Bertz CT molecular complexity index is 548. The van der Waals surface area contributed by atoms with E-state index in [4.69, 9.17) is 10.2 Å². The number of allylic oxidation sites excluding steroid dienone is 4. The number of hydrogen-bond donors (Lipinski definition) is 2. The van der Waals surface area contributed by atoms with Crippen LogP contribution in [0.15, 0.2) is 46.6 Å². The second-order valence-electron chi connectivity index (χ2n) is 6.74. The van der Waals surface area contributed by atoms with Crippen LogP contribution in [-0.4, -0.2) is 22.2 Å². The molecule has 27 heavy (non-hydrogen) atoms. The van der Waals surface area contributed by atoms with E-state index in [-0.39, 0.29) is 40.3 Å². The molecule has 4 nitrogen and oxygen atoms in total. The van der Waals surface area contributed by atoms with Crippen LogP contribution in [-0.2, 0) is 31.3 Å². The van der Waals surface area contributed by atoms with Crippen molar-refractivity contribution in [2.45, 2.75) is 65.2 Å². The molecule has 0 saturated carbocycles. The minimum Gasteiger partial charge on any atom is -0.478 e. The first-order valence-electron chi connectivity index (χ1n) is 8.78. The van der Waals surface area contributed by atoms with E-state index in [0.29, 0.717) is 0 Å². The van der Waals surface area contributed by atoms with Gasteiger partial charge in [-0.1, -0.05) is 38.0 Å². The fourth-order valence-electron chi connectivity index (χ4n) is 3.12. The number of carboxylic acids is 2. The van der Waals surface area contributed by atoms with E-state index in [9.17, 15) is 9.59 Å². The Morgan fingerprint density at radius 1 is 0.889 bits per heavy atom. The molecule has 3 aliphatic carbocycles. The smallest absolute Gasteiger partial charge is 0.478 e. The molecule has 0 aromatic carbocycles. The van der Waals surface area contributed by atoms with Crippen LogP contribution >= 0.6 is 0 Å². The summed E-state index contributed by atoms with van der Waals surface area (Å²) in [6, 6.07) is 0. The fourth-order valence-corrected chi connectivity index (χ4v) is 3.12. The monoisotopic (exact) mass is 408 g/mol. The molecule has 3 aliphatic rings. The van der Waals surface area contributed by atoms with Gasteiger partial charge in [-0.15, -0.1) is 12.0 Å². The van der Waals surface area contributed by atoms with Crippen LogP contribution in [0.5, 0.6) is 0 Å². The van der Waals surface area contributed by atoms with E-state index < -0.39 is 11.9 Å². The molecule has 0 spiro atoms. The third-order valence-electron chi connectivity index (χ3n) is 4.49. The van der Waals surface area contributed by atoms with Gasteiger partial charge in [0, 0.05) is 11.1 Å². The molecule has 0 atom stereocenters. The molecule has 148 valence electrons. The van der Waals surface area contributed by atoms with E-state index in [1.165, 1.54) is 65.2 Å². The van der Waals surface area contributed by atoms with Gasteiger partial charge in [0.1, 0.15) is 0 Å². The maximum absolute atomic E-state index is 9.60. The summed E-state index contributed by atoms with van der Waals surface area (Å²) in [6.07, 6.45) is 13.6. The van der Waals surface area contributed by atoms with Crippen molar-refractivity contribution in [3.63, 3.8) is 0 Å². The number of rotatable bonds is 2. The third-order valence-corrected chi connectivity index (χ3v) is 4.49. The van der Waals surface area contributed by atoms with E-state index in [1.807, 2.05) is 0 Å². The van der Waals surface area contributed by atoms with Gasteiger partial charge in [-0.3, -0.25) is 0 Å². The predicted molar refractivity (Wildman–Crippen MR) is 107 cm³/mol. The van der Waals surface area contributed by atoms with Gasteiger partial charge in [-0.2, -0.15) is 5.57 Å². The summed E-state index contributed by atoms with van der Waals surface area (Å²) in [5.41, 5.74) is 7.41. The predicted octanol–water partition coefficient (Wildman–Crippen LogP) is 5.69. The van der Waals surface area contributed by atoms with Crippen LogP contribution in [0, 0.1) is 13.8 Å². The van der Waals surface area contributed by atoms with Gasteiger partial charge in [0.05, 0.1) is 0 Å². The van der Waals surface area contributed by atoms with Crippen molar-refractivity contribution >= 4 is 11.9 Å². The molecule has 0 fully saturated rings. The Balaban J connectivity index is 0. The maximum atomic E-state index is 9.60. The van der Waals surface area contributed by atoms with Gasteiger partial charge in [-0.05, 0) is 39.5 Å². The summed E-state index contributed by atoms with van der Waals surface area (Å²) in [5, 5.41) is 15.8. The average molecular weight is 408 g/mol. The second-order valence-corrected chi connectivity index (χ2v) is 6.74. The molecule has 0 aromatic heterocycles. The summed E-state index contributed by atoms with van der Waals surface area (Å²) < 4.78 is 0. The van der Waals surface area contributed by atoms with Gasteiger partial charge in [0.15, 0.2) is 0 Å². The van der Waals surface area contributed by atoms with Gasteiger partial charge >= 0.3 is 33.7 Å². The first kappa shape index (κ1) is 27.7. The fraction of sp³-hybridized carbons (Fsp3) is 0.455. The summed E-state index contributed by atoms with van der Waals surface area (Å²) in [4.78, 5) is 19.2. The van der Waals surface area contributed by atoms with Crippen molar-refractivity contribution in [1.29, 1.82) is 0 Å². The van der Waals surface area contributed by atoms with E-state index in [1.54, 1.807) is 22.3 Å². The Morgan fingerprint density at radius 3 is 1.81 bits per heavy atom. The molecule has 0 radical (unpaired) electrons. The van der Waals surface area contributed by atoms with Crippen LogP contribution in [0.2, 0.25) is 0 Å². The summed E-state index contributed by atoms with van der Waals surface area (Å²) >= 11 is 0. The maximum Gasteiger partial charge on any atom is 2.00 e. The number of aliphatic carboxylic acids is 2. The molecule has 0 amide bonds. The van der Waals surface area contributed by atoms with Crippen LogP contribution in [0.25, 0.3) is 0 Å². The first-order chi connectivity index (χ1) is 11.7. The molecular weight excluding hydrogens is 376 g/mol. The summed E-state index contributed by atoms with van der Waals surface area (Å²) in [6.45, 7) is 9.20. The zero-order valence-electron chi connectivity index (χ0n) is 16.9. The molecular formula is C22H32O4Ti. The standard InChI is InChI=1S/C13H17.2C4H6O2.CH3.Ti/c1-3-7-12-10(5-1)9-11-6-2-4-8-13(11)12;2*1-3(2)4(5)6;;/h5H,1-4,6-9H2;2*1H2,2H3,(H,5,6);1H3;/q-1;;;-1;+2. The Labute approximate surface area is 179 Å². The molecule has 0 unspecified atom stereocenters. The summed E-state index contributed by atoms with van der Waals surface area (Å²) in [5.74, 6) is -1.87. The van der Waals surface area contributed by atoms with Gasteiger partial charge in [-0.25, -0.2) is 21.6 Å². The van der Waals surface area contributed by atoms with Crippen molar-refractivity contribution < 1.29 is 41.5 Å². The SMILES string of the molecule is C=C(C)C(=O)O.C=C(C)C(=O)O.[CH-]1CCCC2=C1CC1=C2CCCC1.[CH3-].[Ti+2]. The Hall–Kier alpha value is -1.52. The Morgan fingerprint density at radius 2 is 1.33 bits per heavy atom. The molecule has 0 saturated heterocycles. The van der Waals surface area contributed by atoms with Crippen molar-refractivity contribution in [2.24, 2.45) is 0 Å². The molecule has 0 heterocycles. The van der Waals surface area contributed by atoms with Crippen molar-refractivity contribution in [2.75, 3.05) is 0 Å². The number of carboxylic acid groups (broad SMARTS) is 2. The van der Waals surface area contributed by atoms with Crippen LogP contribution in [0.1, 0.15) is 65.2 Å². The van der Waals surface area contributed by atoms with Crippen molar-refractivity contribution in [3.05, 3.63) is 60.4 Å². The van der Waals surface area contributed by atoms with Crippen LogP contribution in [0.3, 0.4) is 0 Å². The minimum absolute atomic E-state index is 0. The summed E-state index contributed by atoms with van der Waals surface area (Å²) in [7, 11) is 0. The largest absolute Gasteiger partial charge is 2.00 e. The van der Waals surface area contributed by atoms with Crippen LogP contribution in [0.4, 0.5) is 0 Å². The van der Waals surface area contributed by atoms with Gasteiger partial charge in [0.2, 0.25) is 0 Å². The molecule has 0 aliphatic heterocycles. The van der Waals surface area contributed by atoms with E-state index >= 15 is 0 Å². The van der Waals surface area contributed by atoms with Crippen LogP contribution < -0.4 is 0 Å². The zero-order chi connectivity index (χ0) is 19.0. The third kappa shape index (κ3) is 9.30. The molecule has 0 aromatic rings. The average Bonchev–Trinajstić information content (AvgIpc) is 2.94. The minimum atomic E-state index is -0.935. The quantitative estimate of drug-likeness (QED) is 0.350. The number of fused-ring (bicyclic) bond motifs is 1. The van der Waals surface area contributed by atoms with Crippen molar-refractivity contribution in [1.82, 2.24) is 0 Å². The molecule has 2 N–H and O–H groups in total. The first-order valence-corrected chi connectivity index (χ1v) is 8.78. The van der Waals surface area contributed by atoms with Gasteiger partial charge < -0.3 is 17.6 Å². The topological polar surface area (TPSA) is 74.6 Å². The molecule has 0 bridgehead atoms. The van der Waals surface area contributed by atoms with Gasteiger partial charge in [0.25, 0.3) is 0 Å². The number of carbonyl (C=O) groups is 2. The normalized spacial score (nSPS) is 16.4. The molecule has 5 heteroatoms.